The number of thioether (sulfide) groups is 1. The highest BCUT2D eigenvalue weighted by Crippen LogP contribution is 2.29. The molecule has 0 aliphatic carbocycles. The van der Waals surface area contributed by atoms with Crippen molar-refractivity contribution in [1.82, 2.24) is 14.8 Å². The largest absolute Gasteiger partial charge is 0.497 e. The van der Waals surface area contributed by atoms with Crippen molar-refractivity contribution in [1.29, 1.82) is 0 Å². The molecule has 0 radical (unpaired) electrons. The molecule has 4 rings (SSSR count). The van der Waals surface area contributed by atoms with Crippen LogP contribution in [0.3, 0.4) is 0 Å². The van der Waals surface area contributed by atoms with Gasteiger partial charge >= 0.3 is 0 Å². The van der Waals surface area contributed by atoms with Crippen LogP contribution in [-0.4, -0.2) is 21.9 Å². The van der Waals surface area contributed by atoms with Gasteiger partial charge in [-0.1, -0.05) is 17.8 Å². The molecule has 0 amide bonds. The maximum Gasteiger partial charge on any atom is 0.192 e. The third kappa shape index (κ3) is 4.17. The molecule has 0 aliphatic heterocycles. The van der Waals surface area contributed by atoms with Crippen LogP contribution in [0, 0.1) is 11.6 Å². The summed E-state index contributed by atoms with van der Waals surface area (Å²) in [5, 5.41) is 9.09. The molecule has 0 fully saturated rings. The zero-order valence-corrected chi connectivity index (χ0v) is 16.3. The SMILES string of the molecule is COc1ccc(-c2nnc(SCc3c(F)cccc3F)n2Cc2ccco2)cc1. The average molecular weight is 413 g/mol. The van der Waals surface area contributed by atoms with E-state index in [4.69, 9.17) is 9.15 Å². The Balaban J connectivity index is 1.66. The highest BCUT2D eigenvalue weighted by atomic mass is 32.2. The highest BCUT2D eigenvalue weighted by molar-refractivity contribution is 7.98. The van der Waals surface area contributed by atoms with Gasteiger partial charge in [0.15, 0.2) is 11.0 Å². The normalized spacial score (nSPS) is 11.0. The van der Waals surface area contributed by atoms with E-state index in [0.717, 1.165) is 17.1 Å². The van der Waals surface area contributed by atoms with Gasteiger partial charge in [-0.2, -0.15) is 0 Å². The van der Waals surface area contributed by atoms with Gasteiger partial charge in [0, 0.05) is 16.9 Å². The van der Waals surface area contributed by atoms with Crippen LogP contribution in [0.25, 0.3) is 11.4 Å². The number of benzene rings is 2. The summed E-state index contributed by atoms with van der Waals surface area (Å²) in [6.45, 7) is 0.392. The zero-order valence-electron chi connectivity index (χ0n) is 15.5. The highest BCUT2D eigenvalue weighted by Gasteiger charge is 2.18. The van der Waals surface area contributed by atoms with Gasteiger partial charge in [0.25, 0.3) is 0 Å². The first-order valence-corrected chi connectivity index (χ1v) is 9.80. The summed E-state index contributed by atoms with van der Waals surface area (Å²) in [5.41, 5.74) is 0.852. The number of furan rings is 1. The van der Waals surface area contributed by atoms with Crippen molar-refractivity contribution >= 4 is 11.8 Å². The minimum Gasteiger partial charge on any atom is -0.497 e. The van der Waals surface area contributed by atoms with Gasteiger partial charge in [-0.05, 0) is 48.5 Å². The zero-order chi connectivity index (χ0) is 20.2. The molecule has 2 aromatic carbocycles. The molecular formula is C21H17F2N3O2S. The van der Waals surface area contributed by atoms with Crippen molar-refractivity contribution in [3.05, 3.63) is 83.8 Å². The van der Waals surface area contributed by atoms with Crippen molar-refractivity contribution in [3.8, 4) is 17.1 Å². The monoisotopic (exact) mass is 413 g/mol. The second kappa shape index (κ2) is 8.48. The number of halogens is 2. The molecule has 29 heavy (non-hydrogen) atoms. The molecule has 8 heteroatoms. The molecule has 0 atom stereocenters. The smallest absolute Gasteiger partial charge is 0.192 e. The summed E-state index contributed by atoms with van der Waals surface area (Å²) in [5.74, 6) is 1.02. The third-order valence-corrected chi connectivity index (χ3v) is 5.36. The first-order chi connectivity index (χ1) is 14.2. The van der Waals surface area contributed by atoms with Crippen molar-refractivity contribution in [2.24, 2.45) is 0 Å². The molecule has 4 aromatic rings. The quantitative estimate of drug-likeness (QED) is 0.392. The lowest BCUT2D eigenvalue weighted by atomic mass is 10.2. The van der Waals surface area contributed by atoms with Crippen molar-refractivity contribution in [2.75, 3.05) is 7.11 Å². The Labute approximate surface area is 170 Å². The summed E-state index contributed by atoms with van der Waals surface area (Å²) in [4.78, 5) is 0. The number of hydrogen-bond acceptors (Lipinski definition) is 5. The third-order valence-electron chi connectivity index (χ3n) is 4.37. The van der Waals surface area contributed by atoms with Gasteiger partial charge in [0.2, 0.25) is 0 Å². The molecule has 0 saturated carbocycles. The summed E-state index contributed by atoms with van der Waals surface area (Å²) in [6.07, 6.45) is 1.59. The van der Waals surface area contributed by atoms with E-state index in [1.807, 2.05) is 34.9 Å². The van der Waals surface area contributed by atoms with Crippen LogP contribution in [0.15, 0.2) is 70.4 Å². The summed E-state index contributed by atoms with van der Waals surface area (Å²) in [6, 6.07) is 14.9. The van der Waals surface area contributed by atoms with Crippen LogP contribution in [0.4, 0.5) is 8.78 Å². The Morgan fingerprint density at radius 1 is 1.00 bits per heavy atom. The Kier molecular flexibility index (Phi) is 5.62. The number of rotatable bonds is 7. The lowest BCUT2D eigenvalue weighted by Crippen LogP contribution is -2.04. The summed E-state index contributed by atoms with van der Waals surface area (Å²) in [7, 11) is 1.60. The molecule has 148 valence electrons. The summed E-state index contributed by atoms with van der Waals surface area (Å²) >= 11 is 1.22. The van der Waals surface area contributed by atoms with Gasteiger partial charge in [-0.15, -0.1) is 10.2 Å². The van der Waals surface area contributed by atoms with Gasteiger partial charge in [-0.25, -0.2) is 8.78 Å². The number of ether oxygens (including phenoxy) is 1. The minimum absolute atomic E-state index is 0.0102. The van der Waals surface area contributed by atoms with Gasteiger partial charge in [-0.3, -0.25) is 4.57 Å². The predicted molar refractivity (Wildman–Crippen MR) is 106 cm³/mol. The Morgan fingerprint density at radius 3 is 2.41 bits per heavy atom. The molecule has 2 heterocycles. The number of aromatic nitrogens is 3. The van der Waals surface area contributed by atoms with Gasteiger partial charge in [0.05, 0.1) is 19.9 Å². The van der Waals surface area contributed by atoms with Crippen LogP contribution >= 0.6 is 11.8 Å². The fourth-order valence-electron chi connectivity index (χ4n) is 2.86. The first kappa shape index (κ1) is 19.2. The minimum atomic E-state index is -0.579. The molecular weight excluding hydrogens is 396 g/mol. The van der Waals surface area contributed by atoms with Crippen LogP contribution in [0.5, 0.6) is 5.75 Å². The van der Waals surface area contributed by atoms with Crippen LogP contribution in [0.1, 0.15) is 11.3 Å². The predicted octanol–water partition coefficient (Wildman–Crippen LogP) is 5.17. The Morgan fingerprint density at radius 2 is 1.76 bits per heavy atom. The lowest BCUT2D eigenvalue weighted by molar-refractivity contribution is 0.415. The van der Waals surface area contributed by atoms with E-state index in [1.54, 1.807) is 19.4 Å². The fourth-order valence-corrected chi connectivity index (χ4v) is 3.81. The van der Waals surface area contributed by atoms with Crippen molar-refractivity contribution in [3.63, 3.8) is 0 Å². The molecule has 0 aliphatic rings. The molecule has 2 aromatic heterocycles. The molecule has 5 nitrogen and oxygen atoms in total. The lowest BCUT2D eigenvalue weighted by Gasteiger charge is -2.10. The topological polar surface area (TPSA) is 53.1 Å². The molecule has 0 N–H and O–H groups in total. The molecule has 0 bridgehead atoms. The first-order valence-electron chi connectivity index (χ1n) is 8.81. The van der Waals surface area contributed by atoms with E-state index < -0.39 is 11.6 Å². The van der Waals surface area contributed by atoms with Crippen LogP contribution < -0.4 is 4.74 Å². The molecule has 0 saturated heterocycles. The van der Waals surface area contributed by atoms with E-state index in [9.17, 15) is 8.78 Å². The maximum atomic E-state index is 14.0. The van der Waals surface area contributed by atoms with Crippen molar-refractivity contribution < 1.29 is 17.9 Å². The van der Waals surface area contributed by atoms with E-state index in [1.165, 1.54) is 30.0 Å². The van der Waals surface area contributed by atoms with E-state index in [-0.39, 0.29) is 11.3 Å². The molecule has 0 unspecified atom stereocenters. The van der Waals surface area contributed by atoms with E-state index in [2.05, 4.69) is 10.2 Å². The van der Waals surface area contributed by atoms with E-state index in [0.29, 0.717) is 17.5 Å². The maximum absolute atomic E-state index is 14.0. The Hall–Kier alpha value is -3.13. The Bertz CT molecular complexity index is 1080. The average Bonchev–Trinajstić information content (AvgIpc) is 3.38. The molecule has 0 spiro atoms. The second-order valence-electron chi connectivity index (χ2n) is 6.19. The van der Waals surface area contributed by atoms with E-state index >= 15 is 0 Å². The van der Waals surface area contributed by atoms with Crippen LogP contribution in [-0.2, 0) is 12.3 Å². The van der Waals surface area contributed by atoms with Gasteiger partial charge in [0.1, 0.15) is 23.1 Å². The fraction of sp³-hybridized carbons (Fsp3) is 0.143. The number of methoxy groups -OCH3 is 1. The van der Waals surface area contributed by atoms with Crippen molar-refractivity contribution in [2.45, 2.75) is 17.5 Å². The standard InChI is InChI=1S/C21H17F2N3O2S/c1-27-15-9-7-14(8-10-15)20-24-25-21(26(20)12-16-4-3-11-28-16)29-13-17-18(22)5-2-6-19(17)23/h2-11H,12-13H2,1H3. The number of hydrogen-bond donors (Lipinski definition) is 0. The second-order valence-corrected chi connectivity index (χ2v) is 7.13. The van der Waals surface area contributed by atoms with Crippen LogP contribution in [0.2, 0.25) is 0 Å². The van der Waals surface area contributed by atoms with Gasteiger partial charge < -0.3 is 9.15 Å². The summed E-state index contributed by atoms with van der Waals surface area (Å²) < 4.78 is 40.5. The number of nitrogens with zero attached hydrogens (tertiary/aromatic N) is 3.